The van der Waals surface area contributed by atoms with Crippen molar-refractivity contribution in [3.8, 4) is 0 Å². The van der Waals surface area contributed by atoms with Gasteiger partial charge in [-0.3, -0.25) is 4.79 Å². The van der Waals surface area contributed by atoms with Gasteiger partial charge in [0, 0.05) is 25.6 Å². The van der Waals surface area contributed by atoms with Crippen LogP contribution in [0.5, 0.6) is 0 Å². The van der Waals surface area contributed by atoms with Crippen molar-refractivity contribution in [1.29, 1.82) is 0 Å². The van der Waals surface area contributed by atoms with Crippen molar-refractivity contribution in [2.45, 2.75) is 32.1 Å². The molecule has 3 fully saturated rings. The van der Waals surface area contributed by atoms with Crippen LogP contribution in [0.3, 0.4) is 0 Å². The zero-order valence-corrected chi connectivity index (χ0v) is 13.0. The highest BCUT2D eigenvalue weighted by molar-refractivity contribution is 5.82. The molecule has 1 spiro atoms. The molecule has 0 radical (unpaired) electrons. The van der Waals surface area contributed by atoms with Gasteiger partial charge in [0.25, 0.3) is 0 Å². The summed E-state index contributed by atoms with van der Waals surface area (Å²) in [6, 6.07) is 0. The molecule has 20 heavy (non-hydrogen) atoms. The van der Waals surface area contributed by atoms with Crippen molar-refractivity contribution in [2.24, 2.45) is 17.3 Å². The van der Waals surface area contributed by atoms with Crippen LogP contribution in [-0.4, -0.2) is 62.5 Å². The fourth-order valence-electron chi connectivity index (χ4n) is 4.25. The molecule has 1 saturated carbocycles. The fourth-order valence-corrected chi connectivity index (χ4v) is 4.25. The maximum Gasteiger partial charge on any atom is 0.226 e. The number of nitrogens with zero attached hydrogens (tertiary/aromatic N) is 2. The van der Waals surface area contributed by atoms with E-state index >= 15 is 0 Å². The van der Waals surface area contributed by atoms with E-state index in [1.54, 1.807) is 0 Å². The van der Waals surface area contributed by atoms with Gasteiger partial charge in [0.05, 0.1) is 0 Å². The smallest absolute Gasteiger partial charge is 0.226 e. The molecule has 3 rings (SSSR count). The first-order chi connectivity index (χ1) is 9.61. The molecule has 4 heteroatoms. The van der Waals surface area contributed by atoms with E-state index in [9.17, 15) is 4.79 Å². The predicted molar refractivity (Wildman–Crippen MR) is 80.5 cm³/mol. The van der Waals surface area contributed by atoms with Crippen LogP contribution >= 0.6 is 0 Å². The monoisotopic (exact) mass is 279 g/mol. The van der Waals surface area contributed by atoms with Gasteiger partial charge in [-0.05, 0) is 70.6 Å². The summed E-state index contributed by atoms with van der Waals surface area (Å²) in [6.45, 7) is 5.36. The Labute approximate surface area is 122 Å². The molecule has 0 aromatic carbocycles. The van der Waals surface area contributed by atoms with E-state index in [2.05, 4.69) is 29.2 Å². The lowest BCUT2D eigenvalue weighted by Gasteiger charge is -2.34. The molecule has 0 bridgehead atoms. The first kappa shape index (κ1) is 14.3. The van der Waals surface area contributed by atoms with E-state index in [1.165, 1.54) is 32.2 Å². The van der Waals surface area contributed by atoms with Crippen molar-refractivity contribution in [3.05, 3.63) is 0 Å². The minimum absolute atomic E-state index is 0.356. The number of hydrogen-bond acceptors (Lipinski definition) is 3. The Morgan fingerprint density at radius 3 is 2.50 bits per heavy atom. The van der Waals surface area contributed by atoms with E-state index in [0.29, 0.717) is 17.2 Å². The first-order valence-corrected chi connectivity index (χ1v) is 8.25. The predicted octanol–water partition coefficient (Wildman–Crippen LogP) is 1.18. The van der Waals surface area contributed by atoms with Crippen molar-refractivity contribution >= 4 is 5.91 Å². The number of amides is 1. The summed E-state index contributed by atoms with van der Waals surface area (Å²) in [5.74, 6) is 1.60. The number of rotatable bonds is 3. The van der Waals surface area contributed by atoms with Crippen LogP contribution in [0.15, 0.2) is 0 Å². The topological polar surface area (TPSA) is 35.6 Å². The Bertz CT molecular complexity index is 355. The third-order valence-electron chi connectivity index (χ3n) is 5.64. The molecule has 3 aliphatic rings. The van der Waals surface area contributed by atoms with Crippen LogP contribution in [0.4, 0.5) is 0 Å². The largest absolute Gasteiger partial charge is 0.342 e. The number of nitrogens with one attached hydrogen (secondary N) is 1. The van der Waals surface area contributed by atoms with Gasteiger partial charge in [-0.1, -0.05) is 0 Å². The van der Waals surface area contributed by atoms with Gasteiger partial charge in [0.2, 0.25) is 5.91 Å². The Balaban J connectivity index is 1.48. The first-order valence-electron chi connectivity index (χ1n) is 8.25. The molecule has 4 nitrogen and oxygen atoms in total. The van der Waals surface area contributed by atoms with Gasteiger partial charge in [-0.2, -0.15) is 0 Å². The van der Waals surface area contributed by atoms with Crippen molar-refractivity contribution in [3.63, 3.8) is 0 Å². The molecule has 0 aromatic rings. The summed E-state index contributed by atoms with van der Waals surface area (Å²) >= 11 is 0. The highest BCUT2D eigenvalue weighted by Crippen LogP contribution is 2.59. The molecule has 1 atom stereocenters. The second kappa shape index (κ2) is 5.64. The van der Waals surface area contributed by atoms with Crippen LogP contribution in [0, 0.1) is 17.3 Å². The minimum Gasteiger partial charge on any atom is -0.342 e. The molecule has 2 aliphatic heterocycles. The van der Waals surface area contributed by atoms with Gasteiger partial charge >= 0.3 is 0 Å². The second-order valence-corrected chi connectivity index (χ2v) is 7.40. The number of carbonyl (C=O) groups is 1. The third kappa shape index (κ3) is 2.86. The van der Waals surface area contributed by atoms with Crippen molar-refractivity contribution < 1.29 is 4.79 Å². The van der Waals surface area contributed by atoms with E-state index in [4.69, 9.17) is 0 Å². The van der Waals surface area contributed by atoms with E-state index in [0.717, 1.165) is 38.5 Å². The van der Waals surface area contributed by atoms with Gasteiger partial charge in [0.1, 0.15) is 0 Å². The van der Waals surface area contributed by atoms with Crippen LogP contribution < -0.4 is 5.32 Å². The number of hydrogen-bond donors (Lipinski definition) is 1. The normalized spacial score (nSPS) is 29.9. The Kier molecular flexibility index (Phi) is 4.04. The quantitative estimate of drug-likeness (QED) is 0.842. The molecular weight excluding hydrogens is 250 g/mol. The molecule has 1 amide bonds. The molecule has 1 unspecified atom stereocenters. The van der Waals surface area contributed by atoms with E-state index in [-0.39, 0.29) is 0 Å². The molecule has 2 heterocycles. The zero-order valence-electron chi connectivity index (χ0n) is 13.0. The third-order valence-corrected chi connectivity index (χ3v) is 5.64. The van der Waals surface area contributed by atoms with Crippen molar-refractivity contribution in [1.82, 2.24) is 15.1 Å². The molecular formula is C16H29N3O. The number of carbonyl (C=O) groups excluding carboxylic acids is 1. The zero-order chi connectivity index (χ0) is 14.2. The maximum absolute atomic E-state index is 12.7. The van der Waals surface area contributed by atoms with Gasteiger partial charge < -0.3 is 15.1 Å². The molecule has 1 N–H and O–H groups in total. The lowest BCUT2D eigenvalue weighted by molar-refractivity contribution is -0.135. The molecule has 0 aromatic heterocycles. The summed E-state index contributed by atoms with van der Waals surface area (Å²) in [7, 11) is 4.28. The summed E-state index contributed by atoms with van der Waals surface area (Å²) in [5.41, 5.74) is 0.392. The van der Waals surface area contributed by atoms with Gasteiger partial charge in [-0.25, -0.2) is 0 Å². The SMILES string of the molecule is CN(C)CC1CCN(C(=O)C2CC23CCNCC3)CC1. The minimum atomic E-state index is 0.356. The van der Waals surface area contributed by atoms with Crippen LogP contribution in [0.1, 0.15) is 32.1 Å². The van der Waals surface area contributed by atoms with Crippen molar-refractivity contribution in [2.75, 3.05) is 46.8 Å². The average Bonchev–Trinajstić information content (AvgIpc) is 3.12. The summed E-state index contributed by atoms with van der Waals surface area (Å²) in [4.78, 5) is 17.1. The highest BCUT2D eigenvalue weighted by Gasteiger charge is 2.58. The van der Waals surface area contributed by atoms with E-state index < -0.39 is 0 Å². The van der Waals surface area contributed by atoms with Crippen LogP contribution in [0.2, 0.25) is 0 Å². The molecule has 114 valence electrons. The Hall–Kier alpha value is -0.610. The Morgan fingerprint density at radius 1 is 1.25 bits per heavy atom. The summed E-state index contributed by atoms with van der Waals surface area (Å²) in [5, 5.41) is 3.41. The number of likely N-dealkylation sites (tertiary alicyclic amines) is 1. The Morgan fingerprint density at radius 2 is 1.90 bits per heavy atom. The fraction of sp³-hybridized carbons (Fsp3) is 0.938. The summed E-state index contributed by atoms with van der Waals surface area (Å²) in [6.07, 6.45) is 5.95. The molecule has 2 saturated heterocycles. The van der Waals surface area contributed by atoms with Crippen LogP contribution in [0.25, 0.3) is 0 Å². The average molecular weight is 279 g/mol. The second-order valence-electron chi connectivity index (χ2n) is 7.40. The molecule has 1 aliphatic carbocycles. The van der Waals surface area contributed by atoms with Crippen LogP contribution in [-0.2, 0) is 4.79 Å². The van der Waals surface area contributed by atoms with E-state index in [1.807, 2.05) is 0 Å². The number of piperidine rings is 2. The van der Waals surface area contributed by atoms with Gasteiger partial charge in [-0.15, -0.1) is 0 Å². The van der Waals surface area contributed by atoms with Gasteiger partial charge in [0.15, 0.2) is 0 Å². The maximum atomic E-state index is 12.7. The lowest BCUT2D eigenvalue weighted by Crippen LogP contribution is -2.42. The standard InChI is InChI=1S/C16H29N3O/c1-18(2)12-13-3-9-19(10-4-13)15(20)14-11-16(14)5-7-17-8-6-16/h13-14,17H,3-12H2,1-2H3. The highest BCUT2D eigenvalue weighted by atomic mass is 16.2. The lowest BCUT2D eigenvalue weighted by atomic mass is 9.91. The summed E-state index contributed by atoms with van der Waals surface area (Å²) < 4.78 is 0.